The zero-order valence-corrected chi connectivity index (χ0v) is 19.6. The predicted molar refractivity (Wildman–Crippen MR) is 127 cm³/mol. The summed E-state index contributed by atoms with van der Waals surface area (Å²) in [5.74, 6) is 0.371. The Morgan fingerprint density at radius 2 is 1.85 bits per heavy atom. The molecule has 0 amide bonds. The highest BCUT2D eigenvalue weighted by Crippen LogP contribution is 2.35. The summed E-state index contributed by atoms with van der Waals surface area (Å²) in [4.78, 5) is 11.7. The van der Waals surface area contributed by atoms with Crippen LogP contribution in [0.15, 0.2) is 66.7 Å². The van der Waals surface area contributed by atoms with Crippen LogP contribution in [0.25, 0.3) is 11.1 Å². The summed E-state index contributed by atoms with van der Waals surface area (Å²) in [5, 5.41) is 0.739. The van der Waals surface area contributed by atoms with E-state index in [1.807, 2.05) is 61.5 Å². The molecule has 0 aromatic heterocycles. The molecule has 1 aliphatic rings. The number of carbonyl (C=O) groups excluding carboxylic acids is 1. The fraction of sp³-hybridized carbons (Fsp3) is 0.296. The maximum atomic E-state index is 11.7. The third-order valence-electron chi connectivity index (χ3n) is 5.59. The lowest BCUT2D eigenvalue weighted by Crippen LogP contribution is -2.49. The molecule has 0 N–H and O–H groups in total. The van der Waals surface area contributed by atoms with Crippen LogP contribution in [0.4, 0.5) is 0 Å². The Balaban J connectivity index is 1.39. The van der Waals surface area contributed by atoms with Gasteiger partial charge in [0.1, 0.15) is 24.6 Å². The molecule has 0 radical (unpaired) electrons. The number of hydrogen-bond donors (Lipinski definition) is 0. The van der Waals surface area contributed by atoms with Crippen LogP contribution in [0.5, 0.6) is 5.75 Å². The van der Waals surface area contributed by atoms with E-state index in [1.165, 1.54) is 0 Å². The molecule has 0 bridgehead atoms. The number of hydrogen-bond acceptors (Lipinski definition) is 5. The summed E-state index contributed by atoms with van der Waals surface area (Å²) in [7, 11) is 0. The van der Waals surface area contributed by atoms with E-state index in [0.717, 1.165) is 38.6 Å². The quantitative estimate of drug-likeness (QED) is 0.379. The lowest BCUT2D eigenvalue weighted by molar-refractivity contribution is -0.221. The maximum absolute atomic E-state index is 11.7. The van der Waals surface area contributed by atoms with Crippen molar-refractivity contribution in [1.82, 2.24) is 0 Å². The molecule has 0 saturated carbocycles. The molecule has 0 spiro atoms. The minimum absolute atomic E-state index is 0.100. The van der Waals surface area contributed by atoms with Gasteiger partial charge in [-0.3, -0.25) is 0 Å². The Labute approximate surface area is 199 Å². The van der Waals surface area contributed by atoms with Crippen molar-refractivity contribution >= 4 is 17.6 Å². The van der Waals surface area contributed by atoms with E-state index in [4.69, 9.17) is 30.5 Å². The van der Waals surface area contributed by atoms with Crippen LogP contribution in [0.3, 0.4) is 0 Å². The van der Waals surface area contributed by atoms with Crippen LogP contribution in [-0.2, 0) is 31.2 Å². The second-order valence-electron chi connectivity index (χ2n) is 8.08. The standard InChI is InChI=1S/C27H27ClO5/c1-3-31-26(29)16-33-27(17-30-18-27)22-8-10-23(11-9-22)32-15-20-5-4-6-21(14-20)24-12-7-19(2)13-25(24)28/h4-14H,3,15-18H2,1-2H3. The topological polar surface area (TPSA) is 54.0 Å². The first-order valence-electron chi connectivity index (χ1n) is 11.0. The van der Waals surface area contributed by atoms with Crippen LogP contribution in [0, 0.1) is 6.92 Å². The van der Waals surface area contributed by atoms with Crippen molar-refractivity contribution in [3.8, 4) is 16.9 Å². The molecular formula is C27H27ClO5. The van der Waals surface area contributed by atoms with E-state index in [0.29, 0.717) is 26.4 Å². The number of rotatable bonds is 9. The largest absolute Gasteiger partial charge is 0.489 e. The van der Waals surface area contributed by atoms with Crippen molar-refractivity contribution < 1.29 is 23.7 Å². The summed E-state index contributed by atoms with van der Waals surface area (Å²) in [5.41, 5.74) is 4.57. The number of benzene rings is 3. The van der Waals surface area contributed by atoms with Crippen LogP contribution >= 0.6 is 11.6 Å². The average Bonchev–Trinajstić information content (AvgIpc) is 2.78. The molecule has 33 heavy (non-hydrogen) atoms. The number of aryl methyl sites for hydroxylation is 1. The number of halogens is 1. The highest BCUT2D eigenvalue weighted by molar-refractivity contribution is 6.33. The summed E-state index contributed by atoms with van der Waals surface area (Å²) < 4.78 is 22.2. The molecule has 5 nitrogen and oxygen atoms in total. The Morgan fingerprint density at radius 1 is 1.06 bits per heavy atom. The zero-order chi connectivity index (χ0) is 23.3. The Bertz CT molecular complexity index is 1110. The van der Waals surface area contributed by atoms with E-state index < -0.39 is 5.60 Å². The highest BCUT2D eigenvalue weighted by Gasteiger charge is 2.42. The minimum atomic E-state index is -0.618. The smallest absolute Gasteiger partial charge is 0.332 e. The first kappa shape index (κ1) is 23.3. The number of esters is 1. The molecule has 0 unspecified atom stereocenters. The summed E-state index contributed by atoms with van der Waals surface area (Å²) in [6, 6.07) is 22.0. The monoisotopic (exact) mass is 466 g/mol. The second kappa shape index (κ2) is 10.4. The molecule has 1 saturated heterocycles. The van der Waals surface area contributed by atoms with Crippen molar-refractivity contribution in [3.05, 3.63) is 88.4 Å². The van der Waals surface area contributed by atoms with Gasteiger partial charge in [-0.25, -0.2) is 4.79 Å². The lowest BCUT2D eigenvalue weighted by atomic mass is 9.91. The fourth-order valence-corrected chi connectivity index (χ4v) is 4.07. The third-order valence-corrected chi connectivity index (χ3v) is 5.90. The molecular weight excluding hydrogens is 440 g/mol. The molecule has 1 fully saturated rings. The molecule has 4 rings (SSSR count). The van der Waals surface area contributed by atoms with Gasteiger partial charge in [-0.2, -0.15) is 0 Å². The molecule has 1 heterocycles. The maximum Gasteiger partial charge on any atom is 0.332 e. The second-order valence-corrected chi connectivity index (χ2v) is 8.48. The van der Waals surface area contributed by atoms with Gasteiger partial charge in [0.25, 0.3) is 0 Å². The van der Waals surface area contributed by atoms with Gasteiger partial charge in [0.15, 0.2) is 0 Å². The van der Waals surface area contributed by atoms with E-state index >= 15 is 0 Å². The zero-order valence-electron chi connectivity index (χ0n) is 18.8. The lowest BCUT2D eigenvalue weighted by Gasteiger charge is -2.41. The van der Waals surface area contributed by atoms with Gasteiger partial charge in [0.05, 0.1) is 19.8 Å². The van der Waals surface area contributed by atoms with Crippen molar-refractivity contribution in [3.63, 3.8) is 0 Å². The Kier molecular flexibility index (Phi) is 7.33. The van der Waals surface area contributed by atoms with Crippen molar-refractivity contribution in [1.29, 1.82) is 0 Å². The van der Waals surface area contributed by atoms with Crippen LogP contribution in [-0.4, -0.2) is 32.4 Å². The molecule has 0 aliphatic carbocycles. The summed E-state index contributed by atoms with van der Waals surface area (Å²) in [6.45, 7) is 5.27. The Hall–Kier alpha value is -2.86. The first-order valence-corrected chi connectivity index (χ1v) is 11.3. The molecule has 172 valence electrons. The Morgan fingerprint density at radius 3 is 2.52 bits per heavy atom. The number of ether oxygens (including phenoxy) is 4. The van der Waals surface area contributed by atoms with E-state index in [1.54, 1.807) is 6.92 Å². The third kappa shape index (κ3) is 5.56. The van der Waals surface area contributed by atoms with Crippen molar-refractivity contribution in [2.45, 2.75) is 26.1 Å². The summed E-state index contributed by atoms with van der Waals surface area (Å²) >= 11 is 6.44. The van der Waals surface area contributed by atoms with Gasteiger partial charge in [-0.05, 0) is 60.4 Å². The first-order chi connectivity index (χ1) is 16.0. The molecule has 3 aromatic carbocycles. The van der Waals surface area contributed by atoms with Gasteiger partial charge in [0.2, 0.25) is 0 Å². The van der Waals surface area contributed by atoms with Gasteiger partial charge < -0.3 is 18.9 Å². The van der Waals surface area contributed by atoms with Crippen LogP contribution < -0.4 is 4.74 Å². The highest BCUT2D eigenvalue weighted by atomic mass is 35.5. The molecule has 1 aliphatic heterocycles. The number of carbonyl (C=O) groups is 1. The minimum Gasteiger partial charge on any atom is -0.489 e. The average molecular weight is 467 g/mol. The molecule has 0 atom stereocenters. The van der Waals surface area contributed by atoms with Gasteiger partial charge in [-0.1, -0.05) is 54.1 Å². The van der Waals surface area contributed by atoms with Gasteiger partial charge in [-0.15, -0.1) is 0 Å². The summed E-state index contributed by atoms with van der Waals surface area (Å²) in [6.07, 6.45) is 0. The van der Waals surface area contributed by atoms with Gasteiger partial charge in [0, 0.05) is 10.6 Å². The van der Waals surface area contributed by atoms with Crippen molar-refractivity contribution in [2.75, 3.05) is 26.4 Å². The van der Waals surface area contributed by atoms with Crippen molar-refractivity contribution in [2.24, 2.45) is 0 Å². The van der Waals surface area contributed by atoms with Gasteiger partial charge >= 0.3 is 5.97 Å². The SMILES string of the molecule is CCOC(=O)COC1(c2ccc(OCc3cccc(-c4ccc(C)cc4Cl)c3)cc2)COC1. The van der Waals surface area contributed by atoms with Crippen LogP contribution in [0.1, 0.15) is 23.6 Å². The normalized spacial score (nSPS) is 14.4. The van der Waals surface area contributed by atoms with Crippen LogP contribution in [0.2, 0.25) is 5.02 Å². The van der Waals surface area contributed by atoms with E-state index in [2.05, 4.69) is 12.1 Å². The predicted octanol–water partition coefficient (Wildman–Crippen LogP) is 5.70. The fourth-order valence-electron chi connectivity index (χ4n) is 3.72. The molecule has 6 heteroatoms. The molecule has 3 aromatic rings. The van der Waals surface area contributed by atoms with E-state index in [9.17, 15) is 4.79 Å². The van der Waals surface area contributed by atoms with E-state index in [-0.39, 0.29) is 12.6 Å².